The lowest BCUT2D eigenvalue weighted by Gasteiger charge is -2.03. The van der Waals surface area contributed by atoms with Crippen LogP contribution in [0.3, 0.4) is 0 Å². The summed E-state index contributed by atoms with van der Waals surface area (Å²) in [5.41, 5.74) is 3.67. The first kappa shape index (κ1) is 18.5. The third kappa shape index (κ3) is 4.64. The van der Waals surface area contributed by atoms with Gasteiger partial charge in [-0.1, -0.05) is 46.3 Å². The third-order valence-corrected chi connectivity index (χ3v) is 4.50. The fourth-order valence-corrected chi connectivity index (χ4v) is 3.59. The first-order valence-electron chi connectivity index (χ1n) is 7.36. The van der Waals surface area contributed by atoms with Gasteiger partial charge in [-0.15, -0.1) is 10.2 Å². The van der Waals surface area contributed by atoms with Crippen molar-refractivity contribution in [3.05, 3.63) is 56.1 Å². The number of tetrazole rings is 1. The van der Waals surface area contributed by atoms with Crippen molar-refractivity contribution in [3.63, 3.8) is 0 Å². The van der Waals surface area contributed by atoms with E-state index in [1.54, 1.807) is 12.1 Å². The molecule has 0 aliphatic carbocycles. The smallest absolute Gasteiger partial charge is 0.263 e. The highest BCUT2D eigenvalue weighted by molar-refractivity contribution is 14.1. The van der Waals surface area contributed by atoms with Crippen LogP contribution in [0.15, 0.2) is 52.0 Å². The minimum Gasteiger partial charge on any atom is -0.506 e. The summed E-state index contributed by atoms with van der Waals surface area (Å²) in [5, 5.41) is 25.7. The fraction of sp³-hybridized carbons (Fsp3) is 0.0625. The van der Waals surface area contributed by atoms with Gasteiger partial charge in [0.2, 0.25) is 5.82 Å². The van der Waals surface area contributed by atoms with Gasteiger partial charge in [-0.3, -0.25) is 4.79 Å². The lowest BCUT2D eigenvalue weighted by atomic mass is 10.2. The zero-order valence-electron chi connectivity index (χ0n) is 13.2. The van der Waals surface area contributed by atoms with Crippen molar-refractivity contribution in [1.29, 1.82) is 0 Å². The number of nitrogens with one attached hydrogen (secondary N) is 1. The summed E-state index contributed by atoms with van der Waals surface area (Å²) in [5.74, 6) is 0.121. The van der Waals surface area contributed by atoms with E-state index < -0.39 is 5.91 Å². The molecule has 10 heteroatoms. The molecule has 2 N–H and O–H groups in total. The van der Waals surface area contributed by atoms with Crippen molar-refractivity contribution in [3.8, 4) is 17.1 Å². The van der Waals surface area contributed by atoms with E-state index in [0.717, 1.165) is 10.0 Å². The summed E-state index contributed by atoms with van der Waals surface area (Å²) in [7, 11) is 0. The molecule has 0 aliphatic rings. The quantitative estimate of drug-likeness (QED) is 0.302. The van der Waals surface area contributed by atoms with Crippen LogP contribution in [-0.4, -0.2) is 37.4 Å². The van der Waals surface area contributed by atoms with Gasteiger partial charge in [-0.25, -0.2) is 5.43 Å². The van der Waals surface area contributed by atoms with Gasteiger partial charge < -0.3 is 5.11 Å². The van der Waals surface area contributed by atoms with Crippen LogP contribution in [0.1, 0.15) is 5.56 Å². The van der Waals surface area contributed by atoms with Crippen molar-refractivity contribution in [2.24, 2.45) is 5.10 Å². The Balaban J connectivity index is 1.61. The second-order valence-electron chi connectivity index (χ2n) is 5.13. The predicted octanol–water partition coefficient (Wildman–Crippen LogP) is 2.56. The van der Waals surface area contributed by atoms with Gasteiger partial charge in [-0.2, -0.15) is 9.90 Å². The van der Waals surface area contributed by atoms with Crippen LogP contribution in [0.25, 0.3) is 11.4 Å². The molecular weight excluding hydrogens is 515 g/mol. The van der Waals surface area contributed by atoms with Crippen molar-refractivity contribution >= 4 is 50.6 Å². The van der Waals surface area contributed by atoms with Crippen LogP contribution in [0.5, 0.6) is 5.75 Å². The number of benzene rings is 2. The highest BCUT2D eigenvalue weighted by Crippen LogP contribution is 2.27. The van der Waals surface area contributed by atoms with Crippen molar-refractivity contribution in [2.75, 3.05) is 0 Å². The average Bonchev–Trinajstić information content (AvgIpc) is 3.08. The van der Waals surface area contributed by atoms with E-state index in [9.17, 15) is 9.90 Å². The van der Waals surface area contributed by atoms with Crippen LogP contribution in [0, 0.1) is 3.57 Å². The number of rotatable bonds is 5. The zero-order valence-corrected chi connectivity index (χ0v) is 16.9. The Bertz CT molecular complexity index is 961. The summed E-state index contributed by atoms with van der Waals surface area (Å²) in [6.07, 6.45) is 1.37. The van der Waals surface area contributed by atoms with E-state index in [0.29, 0.717) is 15.0 Å². The summed E-state index contributed by atoms with van der Waals surface area (Å²) in [6, 6.07) is 12.8. The maximum Gasteiger partial charge on any atom is 0.263 e. The number of aromatic nitrogens is 4. The number of halogens is 2. The first-order valence-corrected chi connectivity index (χ1v) is 9.23. The molecule has 0 fully saturated rings. The van der Waals surface area contributed by atoms with Crippen LogP contribution in [0.2, 0.25) is 0 Å². The molecule has 0 aliphatic heterocycles. The highest BCUT2D eigenvalue weighted by atomic mass is 127. The van der Waals surface area contributed by atoms with Crippen molar-refractivity contribution in [2.45, 2.75) is 6.54 Å². The third-order valence-electron chi connectivity index (χ3n) is 3.22. The Morgan fingerprint density at radius 3 is 2.88 bits per heavy atom. The van der Waals surface area contributed by atoms with E-state index in [2.05, 4.69) is 41.9 Å². The number of hydrazone groups is 1. The molecule has 0 atom stereocenters. The van der Waals surface area contributed by atoms with E-state index in [1.165, 1.54) is 11.0 Å². The Hall–Kier alpha value is -2.34. The van der Waals surface area contributed by atoms with Crippen LogP contribution in [0.4, 0.5) is 0 Å². The normalized spacial score (nSPS) is 11.0. The molecule has 0 spiro atoms. The average molecular weight is 527 g/mol. The van der Waals surface area contributed by atoms with Gasteiger partial charge in [0.25, 0.3) is 5.91 Å². The van der Waals surface area contributed by atoms with Crippen molar-refractivity contribution < 1.29 is 9.90 Å². The molecule has 8 nitrogen and oxygen atoms in total. The molecule has 3 aromatic rings. The molecule has 3 rings (SSSR count). The topological polar surface area (TPSA) is 105 Å². The number of phenolic OH excluding ortho intramolecular Hbond substituents is 1. The number of hydrogen-bond acceptors (Lipinski definition) is 6. The number of hydrogen-bond donors (Lipinski definition) is 2. The largest absolute Gasteiger partial charge is 0.506 e. The molecule has 1 aromatic heterocycles. The molecule has 1 heterocycles. The molecule has 0 saturated carbocycles. The number of nitrogens with zero attached hydrogens (tertiary/aromatic N) is 5. The van der Waals surface area contributed by atoms with Gasteiger partial charge >= 0.3 is 0 Å². The van der Waals surface area contributed by atoms with Gasteiger partial charge in [0.1, 0.15) is 12.3 Å². The maximum atomic E-state index is 11.9. The molecule has 1 amide bonds. The minimum absolute atomic E-state index is 0.0947. The van der Waals surface area contributed by atoms with Crippen LogP contribution < -0.4 is 5.43 Å². The predicted molar refractivity (Wildman–Crippen MR) is 108 cm³/mol. The molecule has 132 valence electrons. The summed E-state index contributed by atoms with van der Waals surface area (Å²) < 4.78 is 1.47. The lowest BCUT2D eigenvalue weighted by Crippen LogP contribution is -2.24. The van der Waals surface area contributed by atoms with Crippen LogP contribution in [-0.2, 0) is 11.3 Å². The van der Waals surface area contributed by atoms with Gasteiger partial charge in [-0.05, 0) is 39.9 Å². The first-order chi connectivity index (χ1) is 12.5. The molecule has 2 aromatic carbocycles. The SMILES string of the molecule is O=C(Cn1nnc(-c2ccccc2)n1)N/N=C\c1cc(Br)cc(I)c1O. The Morgan fingerprint density at radius 1 is 1.35 bits per heavy atom. The fourth-order valence-electron chi connectivity index (χ4n) is 2.03. The Morgan fingerprint density at radius 2 is 2.12 bits per heavy atom. The standard InChI is InChI=1S/C16H12BrIN6O2/c17-12-6-11(15(26)13(18)7-12)8-19-20-14(25)9-24-22-16(21-23-24)10-4-2-1-3-5-10/h1-8,26H,9H2,(H,20,25)/b19-8-. The zero-order chi connectivity index (χ0) is 18.5. The summed E-state index contributed by atoms with van der Waals surface area (Å²) >= 11 is 5.35. The maximum absolute atomic E-state index is 11.9. The summed E-state index contributed by atoms with van der Waals surface area (Å²) in [4.78, 5) is 13.1. The molecular formula is C16H12BrIN6O2. The Labute approximate surface area is 170 Å². The number of amides is 1. The molecule has 26 heavy (non-hydrogen) atoms. The molecule has 0 unspecified atom stereocenters. The molecule has 0 radical (unpaired) electrons. The number of carbonyl (C=O) groups excluding carboxylic acids is 1. The van der Waals surface area contributed by atoms with Crippen LogP contribution >= 0.6 is 38.5 Å². The van der Waals surface area contributed by atoms with Gasteiger partial charge in [0, 0.05) is 15.6 Å². The number of aromatic hydroxyl groups is 1. The minimum atomic E-state index is -0.414. The van der Waals surface area contributed by atoms with E-state index in [-0.39, 0.29) is 12.3 Å². The monoisotopic (exact) mass is 526 g/mol. The lowest BCUT2D eigenvalue weighted by molar-refractivity contribution is -0.122. The summed E-state index contributed by atoms with van der Waals surface area (Å²) in [6.45, 7) is -0.126. The second kappa shape index (κ2) is 8.36. The molecule has 0 bridgehead atoms. The van der Waals surface area contributed by atoms with Gasteiger partial charge in [0.15, 0.2) is 0 Å². The van der Waals surface area contributed by atoms with E-state index in [4.69, 9.17) is 0 Å². The number of phenols is 1. The van der Waals surface area contributed by atoms with Crippen molar-refractivity contribution in [1.82, 2.24) is 25.6 Å². The second-order valence-corrected chi connectivity index (χ2v) is 7.21. The molecule has 0 saturated heterocycles. The van der Waals surface area contributed by atoms with E-state index >= 15 is 0 Å². The highest BCUT2D eigenvalue weighted by Gasteiger charge is 2.09. The van der Waals surface area contributed by atoms with E-state index in [1.807, 2.05) is 52.9 Å². The number of carbonyl (C=O) groups is 1. The van der Waals surface area contributed by atoms with Gasteiger partial charge in [0.05, 0.1) is 9.78 Å². The Kier molecular flexibility index (Phi) is 5.93.